The lowest BCUT2D eigenvalue weighted by molar-refractivity contribution is 1.55. The van der Waals surface area contributed by atoms with E-state index in [9.17, 15) is 0 Å². The van der Waals surface area contributed by atoms with Gasteiger partial charge in [0.1, 0.15) is 0 Å². The molecule has 0 amide bonds. The van der Waals surface area contributed by atoms with Gasteiger partial charge in [0.2, 0.25) is 0 Å². The first-order valence-electron chi connectivity index (χ1n) is 11.0. The molecule has 0 aromatic heterocycles. The van der Waals surface area contributed by atoms with Crippen LogP contribution in [0.4, 0.5) is 39.8 Å². The minimum Gasteiger partial charge on any atom is -0.398 e. The average molecular weight is 461 g/mol. The van der Waals surface area contributed by atoms with Crippen LogP contribution < -0.4 is 40.1 Å². The first-order chi connectivity index (χ1) is 16.7. The van der Waals surface area contributed by atoms with E-state index in [0.717, 1.165) is 60.1 Å². The van der Waals surface area contributed by atoms with Gasteiger partial charge >= 0.3 is 0 Å². The Morgan fingerprint density at radius 2 is 0.800 bits per heavy atom. The molecule has 35 heavy (non-hydrogen) atoms. The molecule has 0 atom stereocenters. The molecule has 0 heterocycles. The molecule has 0 fully saturated rings. The number of rotatable bonds is 1. The summed E-state index contributed by atoms with van der Waals surface area (Å²) in [5.74, 6) is 0. The number of fused-ring (bicyclic) bond motifs is 7. The van der Waals surface area contributed by atoms with Gasteiger partial charge in [-0.3, -0.25) is 0 Å². The second kappa shape index (κ2) is 6.71. The van der Waals surface area contributed by atoms with Crippen molar-refractivity contribution < 1.29 is 0 Å². The highest BCUT2D eigenvalue weighted by molar-refractivity contribution is 6.25. The van der Waals surface area contributed by atoms with Gasteiger partial charge in [-0.1, -0.05) is 24.3 Å². The van der Waals surface area contributed by atoms with E-state index in [1.54, 1.807) is 0 Å². The Morgan fingerprint density at radius 1 is 0.400 bits per heavy atom. The third-order valence-corrected chi connectivity index (χ3v) is 7.16. The highest BCUT2D eigenvalue weighted by atomic mass is 14.8. The summed E-state index contributed by atoms with van der Waals surface area (Å²) in [6.45, 7) is 0. The number of nitrogens with one attached hydrogen (secondary N) is 1. The van der Waals surface area contributed by atoms with E-state index >= 15 is 0 Å². The first-order valence-corrected chi connectivity index (χ1v) is 11.0. The van der Waals surface area contributed by atoms with Crippen LogP contribution in [-0.4, -0.2) is 6.21 Å². The van der Waals surface area contributed by atoms with Gasteiger partial charge in [-0.2, -0.15) is 0 Å². The van der Waals surface area contributed by atoms with Crippen LogP contribution in [0.3, 0.4) is 0 Å². The Bertz CT molecular complexity index is 1940. The van der Waals surface area contributed by atoms with Crippen molar-refractivity contribution in [1.82, 2.24) is 0 Å². The molecule has 0 bridgehead atoms. The van der Waals surface area contributed by atoms with Crippen LogP contribution in [0.2, 0.25) is 0 Å². The fourth-order valence-electron chi connectivity index (χ4n) is 5.18. The van der Waals surface area contributed by atoms with Crippen LogP contribution in [0.15, 0.2) is 48.5 Å². The van der Waals surface area contributed by atoms with Crippen LogP contribution >= 0.6 is 0 Å². The maximum atomic E-state index is 7.68. The van der Waals surface area contributed by atoms with Crippen molar-refractivity contribution in [1.29, 1.82) is 5.41 Å². The molecular formula is C27H24N8. The van der Waals surface area contributed by atoms with Gasteiger partial charge < -0.3 is 45.5 Å². The van der Waals surface area contributed by atoms with Gasteiger partial charge in [0, 0.05) is 33.3 Å². The van der Waals surface area contributed by atoms with Gasteiger partial charge in [-0.25, -0.2) is 0 Å². The molecule has 0 aliphatic carbocycles. The minimum atomic E-state index is 0.293. The molecule has 8 nitrogen and oxygen atoms in total. The molecule has 172 valence electrons. The van der Waals surface area contributed by atoms with Crippen molar-refractivity contribution in [2.24, 2.45) is 0 Å². The first kappa shape index (κ1) is 20.5. The highest BCUT2D eigenvalue weighted by Crippen LogP contribution is 2.43. The lowest BCUT2D eigenvalue weighted by atomic mass is 9.91. The summed E-state index contributed by atoms with van der Waals surface area (Å²) in [7, 11) is 0. The lowest BCUT2D eigenvalue weighted by Gasteiger charge is -2.16. The molecule has 0 aliphatic rings. The lowest BCUT2D eigenvalue weighted by Crippen LogP contribution is -2.05. The van der Waals surface area contributed by atoms with Crippen molar-refractivity contribution >= 4 is 99.9 Å². The third-order valence-electron chi connectivity index (χ3n) is 7.16. The molecule has 0 radical (unpaired) electrons. The van der Waals surface area contributed by atoms with Crippen LogP contribution in [0, 0.1) is 5.41 Å². The molecule has 0 aliphatic heterocycles. The van der Waals surface area contributed by atoms with Crippen LogP contribution in [0.5, 0.6) is 0 Å². The molecule has 0 unspecified atom stereocenters. The highest BCUT2D eigenvalue weighted by Gasteiger charge is 2.17. The van der Waals surface area contributed by atoms with E-state index in [4.69, 9.17) is 45.5 Å². The summed E-state index contributed by atoms with van der Waals surface area (Å²) in [6.07, 6.45) is 1.14. The van der Waals surface area contributed by atoms with Crippen molar-refractivity contribution in [3.63, 3.8) is 0 Å². The standard InChI is InChI=1S/C27H24N8/c28-9-20-21(29)16-5-10-1-3-13-12(14(10)7-18(16)22(30)25(20)33)4-2-11-6-17-19(8-15(11)13)24(32)27(35)26(34)23(17)31/h1-9,28H,29-35H2. The summed E-state index contributed by atoms with van der Waals surface area (Å²) in [6, 6.07) is 16.3. The number of anilines is 7. The van der Waals surface area contributed by atoms with E-state index in [1.165, 1.54) is 0 Å². The average Bonchev–Trinajstić information content (AvgIpc) is 2.87. The van der Waals surface area contributed by atoms with Gasteiger partial charge in [0.05, 0.1) is 39.8 Å². The Morgan fingerprint density at radius 3 is 1.26 bits per heavy atom. The molecule has 6 aromatic rings. The molecule has 0 spiro atoms. The maximum absolute atomic E-state index is 7.68. The predicted octanol–water partition coefficient (Wildman–Crippen LogP) is 4.53. The number of nitrogen functional groups attached to an aromatic ring is 7. The number of benzene rings is 6. The molecule has 6 rings (SSSR count). The summed E-state index contributed by atoms with van der Waals surface area (Å²) in [5.41, 5.74) is 46.7. The van der Waals surface area contributed by atoms with E-state index in [-0.39, 0.29) is 0 Å². The summed E-state index contributed by atoms with van der Waals surface area (Å²) in [4.78, 5) is 0. The van der Waals surface area contributed by atoms with Gasteiger partial charge in [0.15, 0.2) is 0 Å². The van der Waals surface area contributed by atoms with Crippen LogP contribution in [0.1, 0.15) is 5.56 Å². The molecule has 15 N–H and O–H groups in total. The number of hydrogen-bond acceptors (Lipinski definition) is 8. The molecule has 0 saturated heterocycles. The summed E-state index contributed by atoms with van der Waals surface area (Å²) >= 11 is 0. The summed E-state index contributed by atoms with van der Waals surface area (Å²) in [5, 5.41) is 16.8. The molecule has 8 heteroatoms. The van der Waals surface area contributed by atoms with E-state index in [1.807, 2.05) is 36.4 Å². The number of nitrogens with two attached hydrogens (primary N) is 7. The molecule has 6 aromatic carbocycles. The molecular weight excluding hydrogens is 436 g/mol. The van der Waals surface area contributed by atoms with E-state index in [2.05, 4.69) is 12.1 Å². The predicted molar refractivity (Wildman–Crippen MR) is 153 cm³/mol. The quantitative estimate of drug-likeness (QED) is 0.0760. The number of hydrogen-bond donors (Lipinski definition) is 8. The van der Waals surface area contributed by atoms with Crippen molar-refractivity contribution in [2.75, 3.05) is 40.1 Å². The Balaban J connectivity index is 1.76. The smallest absolute Gasteiger partial charge is 0.0809 e. The summed E-state index contributed by atoms with van der Waals surface area (Å²) < 4.78 is 0. The fourth-order valence-corrected chi connectivity index (χ4v) is 5.18. The van der Waals surface area contributed by atoms with Gasteiger partial charge in [-0.05, 0) is 56.6 Å². The largest absolute Gasteiger partial charge is 0.398 e. The zero-order valence-corrected chi connectivity index (χ0v) is 18.7. The molecule has 0 saturated carbocycles. The van der Waals surface area contributed by atoms with Crippen molar-refractivity contribution in [3.05, 3.63) is 54.1 Å². The van der Waals surface area contributed by atoms with Crippen LogP contribution in [-0.2, 0) is 0 Å². The monoisotopic (exact) mass is 460 g/mol. The Labute approximate surface area is 199 Å². The second-order valence-corrected chi connectivity index (χ2v) is 8.92. The van der Waals surface area contributed by atoms with Crippen LogP contribution in [0.25, 0.3) is 53.9 Å². The third kappa shape index (κ3) is 2.53. The van der Waals surface area contributed by atoms with Gasteiger partial charge in [-0.15, -0.1) is 0 Å². The normalized spacial score (nSPS) is 11.8. The minimum absolute atomic E-state index is 0.293. The van der Waals surface area contributed by atoms with E-state index in [0.29, 0.717) is 45.4 Å². The zero-order chi connectivity index (χ0) is 24.8. The SMILES string of the molecule is N=Cc1c(N)c(N)c2cc3c(ccc4c5cc6c(N)c(N)c(N)c(N)c6cc5ccc34)cc2c1N. The maximum Gasteiger partial charge on any atom is 0.0809 e. The second-order valence-electron chi connectivity index (χ2n) is 8.92. The van der Waals surface area contributed by atoms with Gasteiger partial charge in [0.25, 0.3) is 0 Å². The fraction of sp³-hybridized carbons (Fsp3) is 0. The zero-order valence-electron chi connectivity index (χ0n) is 18.7. The topological polar surface area (TPSA) is 206 Å². The Kier molecular flexibility index (Phi) is 3.93. The van der Waals surface area contributed by atoms with Crippen molar-refractivity contribution in [2.45, 2.75) is 0 Å². The Hall–Kier alpha value is -5.11. The van der Waals surface area contributed by atoms with Crippen molar-refractivity contribution in [3.8, 4) is 0 Å². The van der Waals surface area contributed by atoms with E-state index < -0.39 is 0 Å².